The first-order valence-electron chi connectivity index (χ1n) is 6.41. The summed E-state index contributed by atoms with van der Waals surface area (Å²) in [4.78, 5) is 14.0. The number of hydrogen-bond acceptors (Lipinski definition) is 4. The smallest absolute Gasteiger partial charge is 0.269 e. The van der Waals surface area contributed by atoms with Crippen LogP contribution in [0.1, 0.15) is 23.1 Å². The minimum atomic E-state index is -0.0182. The molecule has 0 aromatic carbocycles. The van der Waals surface area contributed by atoms with Gasteiger partial charge in [-0.3, -0.25) is 14.4 Å². The Kier molecular flexibility index (Phi) is 3.05. The van der Waals surface area contributed by atoms with Gasteiger partial charge in [0, 0.05) is 26.2 Å². The molecule has 0 radical (unpaired) electrons. The van der Waals surface area contributed by atoms with E-state index in [1.54, 1.807) is 4.68 Å². The molecule has 18 heavy (non-hydrogen) atoms. The summed E-state index contributed by atoms with van der Waals surface area (Å²) in [5.74, 6) is -0.0182. The number of fused-ring (bicyclic) bond motifs is 1. The first kappa shape index (κ1) is 11.7. The maximum atomic E-state index is 11.6. The number of nitrogens with zero attached hydrogens (tertiary/aromatic N) is 3. The minimum Gasteiger partial charge on any atom is -0.376 e. The fourth-order valence-corrected chi connectivity index (χ4v) is 2.53. The minimum absolute atomic E-state index is 0.0182. The number of ether oxygens (including phenoxy) is 1. The highest BCUT2D eigenvalue weighted by Crippen LogP contribution is 2.12. The van der Waals surface area contributed by atoms with Crippen LogP contribution in [0, 0.1) is 0 Å². The lowest BCUT2D eigenvalue weighted by Crippen LogP contribution is -2.40. The van der Waals surface area contributed by atoms with Gasteiger partial charge >= 0.3 is 0 Å². The first-order valence-corrected chi connectivity index (χ1v) is 6.41. The van der Waals surface area contributed by atoms with E-state index in [-0.39, 0.29) is 12.0 Å². The first-order chi connectivity index (χ1) is 8.72. The molecule has 0 bridgehead atoms. The second-order valence-electron chi connectivity index (χ2n) is 4.92. The molecule has 0 spiro atoms. The summed E-state index contributed by atoms with van der Waals surface area (Å²) in [5, 5.41) is 7.32. The van der Waals surface area contributed by atoms with Gasteiger partial charge in [-0.15, -0.1) is 0 Å². The standard InChI is InChI=1S/C12H18N4O2/c1-9-7-15(4-5-18-9)8-10-6-11-12(17)13-2-3-16(11)14-10/h6,9H,2-5,7-8H2,1H3,(H,13,17). The Hall–Kier alpha value is -1.40. The number of amides is 1. The van der Waals surface area contributed by atoms with Crippen LogP contribution >= 0.6 is 0 Å². The molecule has 6 heteroatoms. The van der Waals surface area contributed by atoms with Gasteiger partial charge in [0.1, 0.15) is 5.69 Å². The van der Waals surface area contributed by atoms with Gasteiger partial charge in [0.05, 0.1) is 24.9 Å². The molecule has 1 aromatic heterocycles. The van der Waals surface area contributed by atoms with E-state index in [9.17, 15) is 4.79 Å². The zero-order valence-corrected chi connectivity index (χ0v) is 10.6. The third kappa shape index (κ3) is 2.26. The van der Waals surface area contributed by atoms with Crippen LogP contribution < -0.4 is 5.32 Å². The molecule has 98 valence electrons. The molecule has 1 fully saturated rings. The SMILES string of the molecule is CC1CN(Cc2cc3n(n2)CCNC3=O)CCO1. The van der Waals surface area contributed by atoms with Crippen LogP contribution in [0.5, 0.6) is 0 Å². The largest absolute Gasteiger partial charge is 0.376 e. The van der Waals surface area contributed by atoms with Crippen molar-refractivity contribution in [2.24, 2.45) is 0 Å². The number of hydrogen-bond donors (Lipinski definition) is 1. The summed E-state index contributed by atoms with van der Waals surface area (Å²) in [7, 11) is 0. The average molecular weight is 250 g/mol. The number of morpholine rings is 1. The predicted molar refractivity (Wildman–Crippen MR) is 65.3 cm³/mol. The van der Waals surface area contributed by atoms with Gasteiger partial charge < -0.3 is 10.1 Å². The van der Waals surface area contributed by atoms with Crippen molar-refractivity contribution in [2.45, 2.75) is 26.1 Å². The van der Waals surface area contributed by atoms with Crippen molar-refractivity contribution in [3.8, 4) is 0 Å². The van der Waals surface area contributed by atoms with E-state index in [4.69, 9.17) is 4.74 Å². The summed E-state index contributed by atoms with van der Waals surface area (Å²) in [5.41, 5.74) is 1.65. The van der Waals surface area contributed by atoms with E-state index in [0.29, 0.717) is 12.2 Å². The van der Waals surface area contributed by atoms with Crippen molar-refractivity contribution in [3.63, 3.8) is 0 Å². The molecule has 3 rings (SSSR count). The Bertz CT molecular complexity index is 457. The molecule has 1 amide bonds. The van der Waals surface area contributed by atoms with Crippen molar-refractivity contribution >= 4 is 5.91 Å². The Balaban J connectivity index is 1.71. The Morgan fingerprint density at radius 3 is 3.22 bits per heavy atom. The van der Waals surface area contributed by atoms with Crippen LogP contribution in [-0.4, -0.2) is 52.9 Å². The van der Waals surface area contributed by atoms with Crippen molar-refractivity contribution < 1.29 is 9.53 Å². The fraction of sp³-hybridized carbons (Fsp3) is 0.667. The molecule has 1 atom stereocenters. The van der Waals surface area contributed by atoms with E-state index in [1.165, 1.54) is 0 Å². The van der Waals surface area contributed by atoms with Gasteiger partial charge in [-0.25, -0.2) is 0 Å². The second-order valence-corrected chi connectivity index (χ2v) is 4.92. The molecular weight excluding hydrogens is 232 g/mol. The third-order valence-electron chi connectivity index (χ3n) is 3.38. The van der Waals surface area contributed by atoms with Crippen LogP contribution in [0.15, 0.2) is 6.07 Å². The molecule has 1 N–H and O–H groups in total. The number of carbonyl (C=O) groups excluding carboxylic acids is 1. The number of rotatable bonds is 2. The highest BCUT2D eigenvalue weighted by molar-refractivity contribution is 5.93. The van der Waals surface area contributed by atoms with Gasteiger partial charge in [0.2, 0.25) is 0 Å². The Labute approximate surface area is 106 Å². The monoisotopic (exact) mass is 250 g/mol. The van der Waals surface area contributed by atoms with Crippen LogP contribution in [0.3, 0.4) is 0 Å². The summed E-state index contributed by atoms with van der Waals surface area (Å²) in [6.45, 7) is 6.93. The normalized spacial score (nSPS) is 24.7. The van der Waals surface area contributed by atoms with Crippen molar-refractivity contribution in [1.29, 1.82) is 0 Å². The molecule has 6 nitrogen and oxygen atoms in total. The Morgan fingerprint density at radius 1 is 1.56 bits per heavy atom. The molecule has 1 unspecified atom stereocenters. The maximum absolute atomic E-state index is 11.6. The molecular formula is C12H18N4O2. The van der Waals surface area contributed by atoms with E-state index in [0.717, 1.165) is 38.5 Å². The molecule has 2 aliphatic rings. The Morgan fingerprint density at radius 2 is 2.44 bits per heavy atom. The summed E-state index contributed by atoms with van der Waals surface area (Å²) in [6.07, 6.45) is 0.277. The van der Waals surface area contributed by atoms with E-state index < -0.39 is 0 Å². The highest BCUT2D eigenvalue weighted by atomic mass is 16.5. The summed E-state index contributed by atoms with van der Waals surface area (Å²) >= 11 is 0. The van der Waals surface area contributed by atoms with Crippen LogP contribution in [0.25, 0.3) is 0 Å². The molecule has 3 heterocycles. The summed E-state index contributed by atoms with van der Waals surface area (Å²) < 4.78 is 7.32. The highest BCUT2D eigenvalue weighted by Gasteiger charge is 2.22. The summed E-state index contributed by atoms with van der Waals surface area (Å²) in [6, 6.07) is 1.90. The molecule has 1 aromatic rings. The lowest BCUT2D eigenvalue weighted by molar-refractivity contribution is -0.0216. The topological polar surface area (TPSA) is 59.4 Å². The van der Waals surface area contributed by atoms with Crippen LogP contribution in [0.4, 0.5) is 0 Å². The van der Waals surface area contributed by atoms with E-state index in [1.807, 2.05) is 6.07 Å². The molecule has 0 aliphatic carbocycles. The molecule has 1 saturated heterocycles. The van der Waals surface area contributed by atoms with E-state index in [2.05, 4.69) is 22.2 Å². The zero-order valence-electron chi connectivity index (χ0n) is 10.6. The lowest BCUT2D eigenvalue weighted by Gasteiger charge is -2.30. The lowest BCUT2D eigenvalue weighted by atomic mass is 10.2. The zero-order chi connectivity index (χ0) is 12.5. The quantitative estimate of drug-likeness (QED) is 0.793. The van der Waals surface area contributed by atoms with Crippen molar-refractivity contribution in [1.82, 2.24) is 20.0 Å². The van der Waals surface area contributed by atoms with E-state index >= 15 is 0 Å². The van der Waals surface area contributed by atoms with Gasteiger partial charge in [-0.1, -0.05) is 0 Å². The van der Waals surface area contributed by atoms with Crippen molar-refractivity contribution in [2.75, 3.05) is 26.2 Å². The number of nitrogens with one attached hydrogen (secondary N) is 1. The number of carbonyl (C=O) groups is 1. The van der Waals surface area contributed by atoms with Crippen LogP contribution in [0.2, 0.25) is 0 Å². The van der Waals surface area contributed by atoms with Gasteiger partial charge in [0.15, 0.2) is 0 Å². The average Bonchev–Trinajstić information content (AvgIpc) is 2.73. The van der Waals surface area contributed by atoms with Gasteiger partial charge in [-0.05, 0) is 13.0 Å². The maximum Gasteiger partial charge on any atom is 0.269 e. The predicted octanol–water partition coefficient (Wildman–Crippen LogP) is -0.153. The molecule has 2 aliphatic heterocycles. The van der Waals surface area contributed by atoms with Gasteiger partial charge in [0.25, 0.3) is 5.91 Å². The molecule has 0 saturated carbocycles. The van der Waals surface area contributed by atoms with Crippen LogP contribution in [-0.2, 0) is 17.8 Å². The third-order valence-corrected chi connectivity index (χ3v) is 3.38. The van der Waals surface area contributed by atoms with Gasteiger partial charge in [-0.2, -0.15) is 5.10 Å². The second kappa shape index (κ2) is 4.70. The fourth-order valence-electron chi connectivity index (χ4n) is 2.53. The van der Waals surface area contributed by atoms with Crippen molar-refractivity contribution in [3.05, 3.63) is 17.5 Å². The number of aromatic nitrogens is 2.